The molecule has 1 aliphatic rings. The van der Waals surface area contributed by atoms with Crippen molar-refractivity contribution in [3.8, 4) is 0 Å². The first kappa shape index (κ1) is 35.8. The largest absolute Gasteiger partial charge is 0.481 e. The molecule has 1 saturated heterocycles. The SMILES string of the molecule is NC(=O)CC[C@H](NC(=O)C(Cc1ccc2ccccc2c1)NC(=O)[C@@H]1CCCCN1C(=O)[C@H](CCC(=O)O)NC(=O)CCl)C(N)=O. The number of nitrogens with two attached hydrogens (primary N) is 2. The minimum atomic E-state index is -1.23. The first-order chi connectivity index (χ1) is 21.9. The lowest BCUT2D eigenvalue weighted by molar-refractivity contribution is -0.146. The fourth-order valence-electron chi connectivity index (χ4n) is 5.35. The minimum Gasteiger partial charge on any atom is -0.481 e. The van der Waals surface area contributed by atoms with E-state index in [0.29, 0.717) is 18.4 Å². The number of fused-ring (bicyclic) bond motifs is 1. The second kappa shape index (κ2) is 17.1. The van der Waals surface area contributed by atoms with Crippen molar-refractivity contribution >= 4 is 63.8 Å². The van der Waals surface area contributed by atoms with Crippen molar-refractivity contribution in [2.45, 2.75) is 75.5 Å². The van der Waals surface area contributed by atoms with Crippen molar-refractivity contribution in [1.82, 2.24) is 20.9 Å². The van der Waals surface area contributed by atoms with Gasteiger partial charge in [0.25, 0.3) is 0 Å². The minimum absolute atomic E-state index is 0.0113. The Hall–Kier alpha value is -4.72. The molecule has 1 fully saturated rings. The van der Waals surface area contributed by atoms with E-state index in [0.717, 1.165) is 10.8 Å². The number of hydrogen-bond donors (Lipinski definition) is 6. The van der Waals surface area contributed by atoms with Crippen LogP contribution in [0.25, 0.3) is 10.8 Å². The molecule has 14 nitrogen and oxygen atoms in total. The van der Waals surface area contributed by atoms with Crippen molar-refractivity contribution < 1.29 is 38.7 Å². The average Bonchev–Trinajstić information content (AvgIpc) is 3.03. The number of carbonyl (C=O) groups is 7. The van der Waals surface area contributed by atoms with Gasteiger partial charge in [-0.25, -0.2) is 0 Å². The Morgan fingerprint density at radius 1 is 0.870 bits per heavy atom. The molecule has 0 aromatic heterocycles. The van der Waals surface area contributed by atoms with Crippen LogP contribution in [0.1, 0.15) is 50.5 Å². The quantitative estimate of drug-likeness (QED) is 0.135. The zero-order valence-corrected chi connectivity index (χ0v) is 26.0. The summed E-state index contributed by atoms with van der Waals surface area (Å²) in [5.41, 5.74) is 11.4. The molecular formula is C31H39ClN6O8. The van der Waals surface area contributed by atoms with E-state index >= 15 is 0 Å². The summed E-state index contributed by atoms with van der Waals surface area (Å²) in [6.07, 6.45) is 0.446. The van der Waals surface area contributed by atoms with Crippen molar-refractivity contribution in [3.63, 3.8) is 0 Å². The maximum atomic E-state index is 13.8. The lowest BCUT2D eigenvalue weighted by atomic mass is 9.97. The first-order valence-corrected chi connectivity index (χ1v) is 15.5. The predicted molar refractivity (Wildman–Crippen MR) is 168 cm³/mol. The maximum Gasteiger partial charge on any atom is 0.303 e. The van der Waals surface area contributed by atoms with Gasteiger partial charge < -0.3 is 37.4 Å². The van der Waals surface area contributed by atoms with Gasteiger partial charge in [0.1, 0.15) is 30.0 Å². The monoisotopic (exact) mass is 658 g/mol. The number of hydrogen-bond acceptors (Lipinski definition) is 7. The Kier molecular flexibility index (Phi) is 13.3. The molecule has 15 heteroatoms. The molecule has 0 bridgehead atoms. The van der Waals surface area contributed by atoms with Crippen LogP contribution in [0, 0.1) is 0 Å². The number of nitrogens with one attached hydrogen (secondary N) is 3. The summed E-state index contributed by atoms with van der Waals surface area (Å²) >= 11 is 5.60. The van der Waals surface area contributed by atoms with Crippen LogP contribution >= 0.6 is 11.6 Å². The van der Waals surface area contributed by atoms with Crippen LogP contribution in [0.3, 0.4) is 0 Å². The van der Waals surface area contributed by atoms with Crippen molar-refractivity contribution in [3.05, 3.63) is 48.0 Å². The number of carboxylic acids is 1. The highest BCUT2D eigenvalue weighted by Gasteiger charge is 2.38. The summed E-state index contributed by atoms with van der Waals surface area (Å²) in [5.74, 6) is -5.89. The normalized spacial score (nSPS) is 16.5. The number of nitrogens with zero attached hydrogens (tertiary/aromatic N) is 1. The molecule has 1 heterocycles. The number of carboxylic acid groups (broad SMARTS) is 1. The van der Waals surface area contributed by atoms with Gasteiger partial charge in [0.2, 0.25) is 35.4 Å². The van der Waals surface area contributed by atoms with Crippen LogP contribution in [-0.2, 0) is 40.0 Å². The Balaban J connectivity index is 1.88. The number of amides is 6. The van der Waals surface area contributed by atoms with Gasteiger partial charge in [-0.3, -0.25) is 33.6 Å². The highest BCUT2D eigenvalue weighted by Crippen LogP contribution is 2.21. The van der Waals surface area contributed by atoms with E-state index in [1.165, 1.54) is 4.90 Å². The summed E-state index contributed by atoms with van der Waals surface area (Å²) in [6, 6.07) is 8.40. The molecule has 0 saturated carbocycles. The summed E-state index contributed by atoms with van der Waals surface area (Å²) in [5, 5.41) is 18.7. The molecule has 0 spiro atoms. The zero-order valence-electron chi connectivity index (χ0n) is 25.2. The Morgan fingerprint density at radius 2 is 1.57 bits per heavy atom. The van der Waals surface area contributed by atoms with Gasteiger partial charge in [-0.15, -0.1) is 11.6 Å². The third kappa shape index (κ3) is 10.4. The topological polar surface area (TPSA) is 231 Å². The van der Waals surface area contributed by atoms with Crippen molar-refractivity contribution in [2.75, 3.05) is 12.4 Å². The van der Waals surface area contributed by atoms with Gasteiger partial charge in [0, 0.05) is 25.8 Å². The van der Waals surface area contributed by atoms with Crippen LogP contribution in [0.2, 0.25) is 0 Å². The number of piperidine rings is 1. The zero-order chi connectivity index (χ0) is 33.8. The number of carbonyl (C=O) groups excluding carboxylic acids is 6. The average molecular weight is 659 g/mol. The summed E-state index contributed by atoms with van der Waals surface area (Å²) in [4.78, 5) is 88.8. The van der Waals surface area contributed by atoms with E-state index in [9.17, 15) is 33.6 Å². The molecule has 46 heavy (non-hydrogen) atoms. The molecule has 8 N–H and O–H groups in total. The maximum absolute atomic E-state index is 13.8. The molecule has 2 aromatic carbocycles. The molecule has 2 aromatic rings. The van der Waals surface area contributed by atoms with E-state index in [1.54, 1.807) is 6.07 Å². The van der Waals surface area contributed by atoms with Gasteiger partial charge in [0.05, 0.1) is 0 Å². The Morgan fingerprint density at radius 3 is 2.22 bits per heavy atom. The number of benzene rings is 2. The van der Waals surface area contributed by atoms with E-state index in [4.69, 9.17) is 28.2 Å². The lowest BCUT2D eigenvalue weighted by Gasteiger charge is -2.37. The number of aliphatic carboxylic acids is 1. The predicted octanol–water partition coefficient (Wildman–Crippen LogP) is 0.0722. The number of primary amides is 2. The Bertz CT molecular complexity index is 1470. The van der Waals surface area contributed by atoms with E-state index in [2.05, 4.69) is 16.0 Å². The van der Waals surface area contributed by atoms with E-state index < -0.39 is 77.9 Å². The van der Waals surface area contributed by atoms with Crippen molar-refractivity contribution in [2.24, 2.45) is 11.5 Å². The molecule has 0 aliphatic carbocycles. The van der Waals surface area contributed by atoms with Gasteiger partial charge in [-0.2, -0.15) is 0 Å². The van der Waals surface area contributed by atoms with Gasteiger partial charge in [0.15, 0.2) is 0 Å². The van der Waals surface area contributed by atoms with Crippen LogP contribution in [0.5, 0.6) is 0 Å². The van der Waals surface area contributed by atoms with Crippen LogP contribution in [-0.4, -0.2) is 88.0 Å². The summed E-state index contributed by atoms with van der Waals surface area (Å²) in [7, 11) is 0. The fraction of sp³-hybridized carbons (Fsp3) is 0.452. The highest BCUT2D eigenvalue weighted by atomic mass is 35.5. The van der Waals surface area contributed by atoms with Gasteiger partial charge in [-0.05, 0) is 48.4 Å². The number of halogens is 1. The molecule has 1 unspecified atom stereocenters. The number of alkyl halides is 1. The van der Waals surface area contributed by atoms with E-state index in [1.807, 2.05) is 36.4 Å². The van der Waals surface area contributed by atoms with E-state index in [-0.39, 0.29) is 38.6 Å². The molecule has 248 valence electrons. The molecule has 3 rings (SSSR count). The standard InChI is InChI=1S/C31H39ClN6O8/c32-17-26(40)35-22(11-13-27(41)42)31(46)38-14-4-3-7-24(38)30(45)37-23(29(44)36-21(28(34)43)10-12-25(33)39)16-18-8-9-19-5-1-2-6-20(19)15-18/h1-2,5-6,8-9,15,21-24H,3-4,7,10-14,16-17H2,(H2,33,39)(H2,34,43)(H,35,40)(H,36,44)(H,37,45)(H,41,42)/t21-,22-,23?,24-/m0/s1. The van der Waals surface area contributed by atoms with Crippen LogP contribution < -0.4 is 27.4 Å². The molecule has 0 radical (unpaired) electrons. The second-order valence-corrected chi connectivity index (χ2v) is 11.4. The van der Waals surface area contributed by atoms with Crippen LogP contribution in [0.4, 0.5) is 0 Å². The first-order valence-electron chi connectivity index (χ1n) is 14.9. The second-order valence-electron chi connectivity index (χ2n) is 11.1. The molecule has 1 aliphatic heterocycles. The Labute approximate surface area is 270 Å². The molecule has 4 atom stereocenters. The van der Waals surface area contributed by atoms with Crippen molar-refractivity contribution in [1.29, 1.82) is 0 Å². The molecule has 6 amide bonds. The third-order valence-corrected chi connectivity index (χ3v) is 7.96. The molecular weight excluding hydrogens is 620 g/mol. The lowest BCUT2D eigenvalue weighted by Crippen LogP contribution is -2.60. The summed E-state index contributed by atoms with van der Waals surface area (Å²) < 4.78 is 0. The fourth-order valence-corrected chi connectivity index (χ4v) is 5.43. The third-order valence-electron chi connectivity index (χ3n) is 7.72. The van der Waals surface area contributed by atoms with Crippen LogP contribution in [0.15, 0.2) is 42.5 Å². The number of rotatable bonds is 16. The summed E-state index contributed by atoms with van der Waals surface area (Å²) in [6.45, 7) is 0.162. The smallest absolute Gasteiger partial charge is 0.303 e. The van der Waals surface area contributed by atoms with Gasteiger partial charge in [-0.1, -0.05) is 42.5 Å². The number of likely N-dealkylation sites (tertiary alicyclic amines) is 1. The highest BCUT2D eigenvalue weighted by molar-refractivity contribution is 6.27. The van der Waals surface area contributed by atoms with Gasteiger partial charge >= 0.3 is 5.97 Å².